The van der Waals surface area contributed by atoms with E-state index in [1.54, 1.807) is 19.1 Å². The summed E-state index contributed by atoms with van der Waals surface area (Å²) in [5.74, 6) is -1.04. The lowest BCUT2D eigenvalue weighted by Gasteiger charge is -2.30. The highest BCUT2D eigenvalue weighted by Gasteiger charge is 2.40. The number of sulfonamides is 1. The highest BCUT2D eigenvalue weighted by Crippen LogP contribution is 2.30. The van der Waals surface area contributed by atoms with E-state index in [0.29, 0.717) is 0 Å². The van der Waals surface area contributed by atoms with E-state index in [1.165, 1.54) is 17.0 Å². The highest BCUT2D eigenvalue weighted by atomic mass is 79.9. The van der Waals surface area contributed by atoms with Gasteiger partial charge >= 0.3 is 0 Å². The summed E-state index contributed by atoms with van der Waals surface area (Å²) < 4.78 is 27.3. The molecule has 10 heteroatoms. The maximum atomic E-state index is 13.3. The van der Waals surface area contributed by atoms with Gasteiger partial charge in [-0.05, 0) is 56.0 Å². The normalized spacial score (nSPS) is 17.6. The summed E-state index contributed by atoms with van der Waals surface area (Å²) >= 11 is 3.41. The zero-order valence-electron chi connectivity index (χ0n) is 20.2. The molecule has 4 rings (SSSR count). The van der Waals surface area contributed by atoms with Gasteiger partial charge in [-0.15, -0.1) is 0 Å². The molecule has 1 aliphatic carbocycles. The van der Waals surface area contributed by atoms with Gasteiger partial charge in [0, 0.05) is 30.0 Å². The molecule has 192 valence electrons. The minimum atomic E-state index is -3.92. The second-order valence-electron chi connectivity index (χ2n) is 9.30. The van der Waals surface area contributed by atoms with Crippen LogP contribution in [-0.4, -0.2) is 54.0 Å². The molecule has 0 radical (unpaired) electrons. The molecule has 0 aromatic heterocycles. The first kappa shape index (κ1) is 26.3. The van der Waals surface area contributed by atoms with Crippen LogP contribution in [0.15, 0.2) is 57.9 Å². The molecule has 0 spiro atoms. The Balaban J connectivity index is 1.43. The Morgan fingerprint density at radius 2 is 1.78 bits per heavy atom. The Morgan fingerprint density at radius 1 is 1.11 bits per heavy atom. The molecule has 1 saturated carbocycles. The zero-order chi connectivity index (χ0) is 25.9. The summed E-state index contributed by atoms with van der Waals surface area (Å²) in [7, 11) is -3.92. The third kappa shape index (κ3) is 5.64. The summed E-state index contributed by atoms with van der Waals surface area (Å²) in [6, 6.07) is 13.1. The molecular weight excluding hydrogens is 546 g/mol. The molecule has 1 fully saturated rings. The molecule has 1 heterocycles. The summed E-state index contributed by atoms with van der Waals surface area (Å²) in [6.07, 6.45) is 4.23. The van der Waals surface area contributed by atoms with Gasteiger partial charge in [-0.25, -0.2) is 12.7 Å². The molecule has 1 N–H and O–H groups in total. The number of carbonyl (C=O) groups excluding carboxylic acids is 3. The molecule has 1 aliphatic heterocycles. The summed E-state index contributed by atoms with van der Waals surface area (Å²) in [4.78, 5) is 40.5. The van der Waals surface area contributed by atoms with E-state index in [-0.39, 0.29) is 54.2 Å². The summed E-state index contributed by atoms with van der Waals surface area (Å²) in [5, 5.41) is 3.06. The zero-order valence-corrected chi connectivity index (χ0v) is 22.6. The van der Waals surface area contributed by atoms with Crippen molar-refractivity contribution in [1.29, 1.82) is 0 Å². The topological polar surface area (TPSA) is 104 Å². The third-order valence-electron chi connectivity index (χ3n) is 6.80. The van der Waals surface area contributed by atoms with Gasteiger partial charge < -0.3 is 10.2 Å². The Labute approximate surface area is 220 Å². The van der Waals surface area contributed by atoms with Crippen LogP contribution >= 0.6 is 15.9 Å². The van der Waals surface area contributed by atoms with Gasteiger partial charge in [0.25, 0.3) is 15.9 Å². The van der Waals surface area contributed by atoms with Crippen molar-refractivity contribution in [2.24, 2.45) is 0 Å². The number of nitrogens with one attached hydrogen (secondary N) is 1. The van der Waals surface area contributed by atoms with Crippen LogP contribution in [0.1, 0.15) is 61.4 Å². The number of nitrogens with zero attached hydrogens (tertiary/aromatic N) is 2. The second kappa shape index (κ2) is 11.1. The SMILES string of the molecule is C[C@@H](C(=O)NC1CCCC1)N(Cc1ccc(Br)cc1)C(=O)CCCN1C(=O)c2ccccc2S1(=O)=O. The Morgan fingerprint density at radius 3 is 2.44 bits per heavy atom. The number of rotatable bonds is 9. The number of amides is 3. The quantitative estimate of drug-likeness (QED) is 0.489. The van der Waals surface area contributed by atoms with Gasteiger partial charge in [0.1, 0.15) is 10.9 Å². The molecule has 0 unspecified atom stereocenters. The minimum Gasteiger partial charge on any atom is -0.352 e. The first-order valence-corrected chi connectivity index (χ1v) is 14.4. The fourth-order valence-electron chi connectivity index (χ4n) is 4.73. The van der Waals surface area contributed by atoms with Crippen molar-refractivity contribution in [3.63, 3.8) is 0 Å². The summed E-state index contributed by atoms with van der Waals surface area (Å²) in [5.41, 5.74) is 1.03. The van der Waals surface area contributed by atoms with Crippen molar-refractivity contribution in [1.82, 2.24) is 14.5 Å². The number of benzene rings is 2. The van der Waals surface area contributed by atoms with Crippen LogP contribution in [0.2, 0.25) is 0 Å². The van der Waals surface area contributed by atoms with Crippen LogP contribution in [0, 0.1) is 0 Å². The van der Waals surface area contributed by atoms with E-state index in [2.05, 4.69) is 21.2 Å². The standard InChI is InChI=1S/C26H30BrN3O5S/c1-18(25(32)28-21-7-2-3-8-21)29(17-19-12-14-20(27)15-13-19)24(31)11-6-16-30-26(33)22-9-4-5-10-23(22)36(30,34)35/h4-5,9-10,12-15,18,21H,2-3,6-8,11,16-17H2,1H3,(H,28,32)/t18-/m0/s1. The lowest BCUT2D eigenvalue weighted by atomic mass is 10.1. The average Bonchev–Trinajstić information content (AvgIpc) is 3.44. The van der Waals surface area contributed by atoms with Gasteiger partial charge in [0.15, 0.2) is 0 Å². The molecule has 0 saturated heterocycles. The first-order valence-electron chi connectivity index (χ1n) is 12.2. The molecule has 2 aliphatic rings. The van der Waals surface area contributed by atoms with Crippen molar-refractivity contribution in [2.45, 2.75) is 69.0 Å². The maximum absolute atomic E-state index is 13.3. The molecule has 36 heavy (non-hydrogen) atoms. The number of fused-ring (bicyclic) bond motifs is 1. The van der Waals surface area contributed by atoms with Crippen molar-refractivity contribution in [3.8, 4) is 0 Å². The number of hydrogen-bond donors (Lipinski definition) is 1. The van der Waals surface area contributed by atoms with Gasteiger partial charge in [0.05, 0.1) is 5.56 Å². The van der Waals surface area contributed by atoms with Crippen molar-refractivity contribution >= 4 is 43.7 Å². The lowest BCUT2D eigenvalue weighted by Crippen LogP contribution is -2.49. The minimum absolute atomic E-state index is 0.00426. The molecule has 2 aromatic rings. The number of carbonyl (C=O) groups is 3. The van der Waals surface area contributed by atoms with Gasteiger partial charge in [-0.3, -0.25) is 14.4 Å². The Hall–Kier alpha value is -2.72. The van der Waals surface area contributed by atoms with Crippen molar-refractivity contribution in [3.05, 3.63) is 64.1 Å². The van der Waals surface area contributed by atoms with Gasteiger partial charge in [-0.1, -0.05) is 53.0 Å². The van der Waals surface area contributed by atoms with E-state index < -0.39 is 22.0 Å². The van der Waals surface area contributed by atoms with Crippen LogP contribution in [0.5, 0.6) is 0 Å². The number of hydrogen-bond acceptors (Lipinski definition) is 5. The largest absolute Gasteiger partial charge is 0.352 e. The smallest absolute Gasteiger partial charge is 0.269 e. The molecule has 2 aromatic carbocycles. The summed E-state index contributed by atoms with van der Waals surface area (Å²) in [6.45, 7) is 1.86. The molecular formula is C26H30BrN3O5S. The Bertz CT molecular complexity index is 1240. The third-order valence-corrected chi connectivity index (χ3v) is 9.17. The number of halogens is 1. The van der Waals surface area contributed by atoms with E-state index in [0.717, 1.165) is 40.0 Å². The van der Waals surface area contributed by atoms with E-state index in [4.69, 9.17) is 0 Å². The lowest BCUT2D eigenvalue weighted by molar-refractivity contribution is -0.141. The van der Waals surface area contributed by atoms with Crippen LogP contribution in [0.4, 0.5) is 0 Å². The molecule has 0 bridgehead atoms. The van der Waals surface area contributed by atoms with Gasteiger partial charge in [-0.2, -0.15) is 0 Å². The maximum Gasteiger partial charge on any atom is 0.269 e. The van der Waals surface area contributed by atoms with Crippen LogP contribution in [0.25, 0.3) is 0 Å². The fraction of sp³-hybridized carbons (Fsp3) is 0.423. The van der Waals surface area contributed by atoms with E-state index >= 15 is 0 Å². The van der Waals surface area contributed by atoms with Gasteiger partial charge in [0.2, 0.25) is 11.8 Å². The van der Waals surface area contributed by atoms with Crippen molar-refractivity contribution in [2.75, 3.05) is 6.54 Å². The molecule has 8 nitrogen and oxygen atoms in total. The van der Waals surface area contributed by atoms with E-state index in [9.17, 15) is 22.8 Å². The van der Waals surface area contributed by atoms with E-state index in [1.807, 2.05) is 24.3 Å². The predicted molar refractivity (Wildman–Crippen MR) is 138 cm³/mol. The van der Waals surface area contributed by atoms with Crippen LogP contribution in [0.3, 0.4) is 0 Å². The average molecular weight is 577 g/mol. The fourth-order valence-corrected chi connectivity index (χ4v) is 6.60. The molecule has 3 amide bonds. The highest BCUT2D eigenvalue weighted by molar-refractivity contribution is 9.10. The molecule has 1 atom stereocenters. The Kier molecular flexibility index (Phi) is 8.14. The van der Waals surface area contributed by atoms with Crippen LogP contribution in [-0.2, 0) is 26.2 Å². The monoisotopic (exact) mass is 575 g/mol. The first-order chi connectivity index (χ1) is 17.2. The predicted octanol–water partition coefficient (Wildman–Crippen LogP) is 3.85. The van der Waals surface area contributed by atoms with Crippen LogP contribution < -0.4 is 5.32 Å². The van der Waals surface area contributed by atoms with Crippen molar-refractivity contribution < 1.29 is 22.8 Å². The second-order valence-corrected chi connectivity index (χ2v) is 12.0.